The lowest BCUT2D eigenvalue weighted by Gasteiger charge is -2.13. The Kier molecular flexibility index (Phi) is 3.57. The number of halogens is 3. The van der Waals surface area contributed by atoms with Gasteiger partial charge in [0.2, 0.25) is 0 Å². The average molecular weight is 281 g/mol. The van der Waals surface area contributed by atoms with Crippen molar-refractivity contribution in [1.29, 1.82) is 0 Å². The van der Waals surface area contributed by atoms with E-state index in [1.54, 1.807) is 19.9 Å². The normalized spacial score (nSPS) is 11.4. The average Bonchev–Trinajstić information content (AvgIpc) is 2.35. The Morgan fingerprint density at radius 1 is 1.10 bits per heavy atom. The highest BCUT2D eigenvalue weighted by Crippen LogP contribution is 2.32. The van der Waals surface area contributed by atoms with E-state index >= 15 is 0 Å². The summed E-state index contributed by atoms with van der Waals surface area (Å²) in [7, 11) is 0. The van der Waals surface area contributed by atoms with Gasteiger partial charge in [-0.3, -0.25) is 0 Å². The van der Waals surface area contributed by atoms with Crippen LogP contribution in [0.5, 0.6) is 0 Å². The summed E-state index contributed by atoms with van der Waals surface area (Å²) in [6.07, 6.45) is -2.89. The van der Waals surface area contributed by atoms with Crippen molar-refractivity contribution >= 4 is 17.2 Å². The second kappa shape index (κ2) is 5.03. The number of nitrogens with zero attached hydrogens (tertiary/aromatic N) is 1. The van der Waals surface area contributed by atoms with Crippen LogP contribution in [0.25, 0.3) is 0 Å². The third kappa shape index (κ3) is 3.01. The second-order valence-corrected chi connectivity index (χ2v) is 4.58. The molecule has 0 aliphatic heterocycles. The Hall–Kier alpha value is -2.24. The largest absolute Gasteiger partial charge is 0.416 e. The predicted molar refractivity (Wildman–Crippen MR) is 72.9 cm³/mol. The number of nitrogen functional groups attached to an aromatic ring is 1. The highest BCUT2D eigenvalue weighted by molar-refractivity contribution is 5.63. The fourth-order valence-corrected chi connectivity index (χ4v) is 1.71. The molecule has 2 aromatic rings. The number of aromatic nitrogens is 1. The zero-order valence-corrected chi connectivity index (χ0v) is 11.0. The topological polar surface area (TPSA) is 50.9 Å². The van der Waals surface area contributed by atoms with Gasteiger partial charge < -0.3 is 11.1 Å². The third-order valence-corrected chi connectivity index (χ3v) is 2.98. The predicted octanol–water partition coefficient (Wildman–Crippen LogP) is 4.04. The molecular weight excluding hydrogens is 267 g/mol. The van der Waals surface area contributed by atoms with Gasteiger partial charge in [-0.05, 0) is 43.2 Å². The lowest BCUT2D eigenvalue weighted by Crippen LogP contribution is -2.06. The van der Waals surface area contributed by atoms with Crippen LogP contribution in [-0.2, 0) is 6.18 Å². The smallest absolute Gasteiger partial charge is 0.397 e. The van der Waals surface area contributed by atoms with Gasteiger partial charge in [-0.15, -0.1) is 0 Å². The number of pyridine rings is 1. The maximum atomic E-state index is 12.7. The molecule has 3 nitrogen and oxygen atoms in total. The van der Waals surface area contributed by atoms with Gasteiger partial charge in [0, 0.05) is 5.69 Å². The van der Waals surface area contributed by atoms with Gasteiger partial charge in [-0.1, -0.05) is 6.07 Å². The van der Waals surface area contributed by atoms with Crippen molar-refractivity contribution in [2.45, 2.75) is 20.0 Å². The maximum absolute atomic E-state index is 12.7. The number of nitrogens with one attached hydrogen (secondary N) is 1. The minimum atomic E-state index is -4.37. The van der Waals surface area contributed by atoms with E-state index in [-0.39, 0.29) is 0 Å². The SMILES string of the molecule is Cc1cc(Nc2cc(C(F)(F)F)ccc2C)ncc1N. The van der Waals surface area contributed by atoms with Gasteiger partial charge in [-0.25, -0.2) is 4.98 Å². The van der Waals surface area contributed by atoms with E-state index in [4.69, 9.17) is 5.73 Å². The van der Waals surface area contributed by atoms with E-state index in [0.29, 0.717) is 22.8 Å². The summed E-state index contributed by atoms with van der Waals surface area (Å²) in [5.41, 5.74) is 7.38. The van der Waals surface area contributed by atoms with Gasteiger partial charge in [0.1, 0.15) is 5.82 Å². The van der Waals surface area contributed by atoms with E-state index in [0.717, 1.165) is 17.7 Å². The summed E-state index contributed by atoms with van der Waals surface area (Å²) in [4.78, 5) is 4.05. The molecular formula is C14H14F3N3. The fraction of sp³-hybridized carbons (Fsp3) is 0.214. The number of hydrogen-bond donors (Lipinski definition) is 2. The summed E-state index contributed by atoms with van der Waals surface area (Å²) >= 11 is 0. The van der Waals surface area contributed by atoms with Crippen LogP contribution in [0.15, 0.2) is 30.5 Å². The van der Waals surface area contributed by atoms with E-state index < -0.39 is 11.7 Å². The molecule has 3 N–H and O–H groups in total. The minimum Gasteiger partial charge on any atom is -0.397 e. The zero-order valence-electron chi connectivity index (χ0n) is 11.0. The molecule has 0 bridgehead atoms. The van der Waals surface area contributed by atoms with Crippen molar-refractivity contribution < 1.29 is 13.2 Å². The molecule has 2 rings (SSSR count). The molecule has 0 saturated carbocycles. The number of anilines is 3. The molecule has 0 aliphatic rings. The molecule has 0 saturated heterocycles. The summed E-state index contributed by atoms with van der Waals surface area (Å²) in [6.45, 7) is 3.54. The summed E-state index contributed by atoms with van der Waals surface area (Å²) in [6, 6.07) is 5.25. The van der Waals surface area contributed by atoms with Crippen LogP contribution >= 0.6 is 0 Å². The Bertz CT molecular complexity index is 636. The Balaban J connectivity index is 2.35. The van der Waals surface area contributed by atoms with Gasteiger partial charge in [0.15, 0.2) is 0 Å². The van der Waals surface area contributed by atoms with Crippen molar-refractivity contribution in [1.82, 2.24) is 4.98 Å². The van der Waals surface area contributed by atoms with Crippen molar-refractivity contribution in [3.63, 3.8) is 0 Å². The molecule has 1 aromatic heterocycles. The van der Waals surface area contributed by atoms with Gasteiger partial charge in [0.05, 0.1) is 17.4 Å². The molecule has 0 radical (unpaired) electrons. The first-order valence-electron chi connectivity index (χ1n) is 5.94. The minimum absolute atomic E-state index is 0.372. The first kappa shape index (κ1) is 14.2. The van der Waals surface area contributed by atoms with Crippen LogP contribution in [0.3, 0.4) is 0 Å². The zero-order chi connectivity index (χ0) is 14.9. The fourth-order valence-electron chi connectivity index (χ4n) is 1.71. The molecule has 0 spiro atoms. The molecule has 0 fully saturated rings. The maximum Gasteiger partial charge on any atom is 0.416 e. The van der Waals surface area contributed by atoms with Gasteiger partial charge in [0.25, 0.3) is 0 Å². The van der Waals surface area contributed by atoms with Crippen molar-refractivity contribution in [3.05, 3.63) is 47.2 Å². The van der Waals surface area contributed by atoms with Crippen LogP contribution in [0.1, 0.15) is 16.7 Å². The highest BCUT2D eigenvalue weighted by atomic mass is 19.4. The van der Waals surface area contributed by atoms with Crippen LogP contribution in [0.4, 0.5) is 30.4 Å². The number of nitrogens with two attached hydrogens (primary N) is 1. The number of benzene rings is 1. The van der Waals surface area contributed by atoms with Crippen LogP contribution in [0.2, 0.25) is 0 Å². The molecule has 0 aliphatic carbocycles. The van der Waals surface area contributed by atoms with Crippen LogP contribution < -0.4 is 11.1 Å². The molecule has 0 amide bonds. The molecule has 20 heavy (non-hydrogen) atoms. The standard InChI is InChI=1S/C14H14F3N3/c1-8-3-4-10(14(15,16)17)6-12(8)20-13-5-9(2)11(18)7-19-13/h3-7H,18H2,1-2H3,(H,19,20). The monoisotopic (exact) mass is 281 g/mol. The quantitative estimate of drug-likeness (QED) is 0.873. The third-order valence-electron chi connectivity index (χ3n) is 2.98. The van der Waals surface area contributed by atoms with E-state index in [2.05, 4.69) is 10.3 Å². The van der Waals surface area contributed by atoms with Gasteiger partial charge >= 0.3 is 6.18 Å². The number of hydrogen-bond acceptors (Lipinski definition) is 3. The van der Waals surface area contributed by atoms with Crippen molar-refractivity contribution in [3.8, 4) is 0 Å². The Labute approximate surface area is 114 Å². The highest BCUT2D eigenvalue weighted by Gasteiger charge is 2.30. The Morgan fingerprint density at radius 3 is 2.40 bits per heavy atom. The summed E-state index contributed by atoms with van der Waals surface area (Å²) < 4.78 is 38.1. The van der Waals surface area contributed by atoms with E-state index in [1.807, 2.05) is 0 Å². The summed E-state index contributed by atoms with van der Waals surface area (Å²) in [5.74, 6) is 0.458. The number of alkyl halides is 3. The summed E-state index contributed by atoms with van der Waals surface area (Å²) in [5, 5.41) is 2.89. The molecule has 0 unspecified atom stereocenters. The van der Waals surface area contributed by atoms with Gasteiger partial charge in [-0.2, -0.15) is 13.2 Å². The number of aryl methyl sites for hydroxylation is 2. The molecule has 6 heteroatoms. The molecule has 106 valence electrons. The van der Waals surface area contributed by atoms with Crippen LogP contribution in [-0.4, -0.2) is 4.98 Å². The second-order valence-electron chi connectivity index (χ2n) is 4.58. The lowest BCUT2D eigenvalue weighted by atomic mass is 10.1. The van der Waals surface area contributed by atoms with Crippen molar-refractivity contribution in [2.24, 2.45) is 0 Å². The van der Waals surface area contributed by atoms with E-state index in [1.165, 1.54) is 12.3 Å². The molecule has 1 heterocycles. The Morgan fingerprint density at radius 2 is 1.80 bits per heavy atom. The first-order valence-corrected chi connectivity index (χ1v) is 5.94. The van der Waals surface area contributed by atoms with E-state index in [9.17, 15) is 13.2 Å². The van der Waals surface area contributed by atoms with Crippen LogP contribution in [0, 0.1) is 13.8 Å². The molecule has 0 atom stereocenters. The van der Waals surface area contributed by atoms with Crippen molar-refractivity contribution in [2.75, 3.05) is 11.1 Å². The molecule has 1 aromatic carbocycles. The lowest BCUT2D eigenvalue weighted by molar-refractivity contribution is -0.137. The number of rotatable bonds is 2. The first-order chi connectivity index (χ1) is 9.27.